The third-order valence-electron chi connectivity index (χ3n) is 4.20. The number of hydrogen-bond donors (Lipinski definition) is 2. The molecule has 23 heavy (non-hydrogen) atoms. The van der Waals surface area contributed by atoms with E-state index in [9.17, 15) is 10.2 Å². The molecule has 3 nitrogen and oxygen atoms in total. The predicted octanol–water partition coefficient (Wildman–Crippen LogP) is 3.75. The van der Waals surface area contributed by atoms with Gasteiger partial charge in [-0.3, -0.25) is 0 Å². The summed E-state index contributed by atoms with van der Waals surface area (Å²) in [5.74, 6) is 0.502. The van der Waals surface area contributed by atoms with E-state index in [0.717, 1.165) is 17.7 Å². The van der Waals surface area contributed by atoms with Crippen molar-refractivity contribution in [3.8, 4) is 0 Å². The molecule has 0 aromatic heterocycles. The minimum Gasteiger partial charge on any atom is -0.388 e. The molecule has 2 N–H and O–H groups in total. The van der Waals surface area contributed by atoms with Gasteiger partial charge in [0.05, 0.1) is 6.54 Å². The predicted molar refractivity (Wildman–Crippen MR) is 97.2 cm³/mol. The molecule has 124 valence electrons. The van der Waals surface area contributed by atoms with Crippen molar-refractivity contribution in [1.29, 1.82) is 0 Å². The first kappa shape index (κ1) is 17.5. The second-order valence-corrected chi connectivity index (χ2v) is 6.45. The Labute approximate surface area is 139 Å². The van der Waals surface area contributed by atoms with Crippen molar-refractivity contribution in [2.45, 2.75) is 38.9 Å². The number of rotatable bonds is 5. The lowest BCUT2D eigenvalue weighted by atomic mass is 9.95. The van der Waals surface area contributed by atoms with Gasteiger partial charge in [-0.2, -0.15) is 0 Å². The van der Waals surface area contributed by atoms with Crippen LogP contribution in [0.25, 0.3) is 6.08 Å². The summed E-state index contributed by atoms with van der Waals surface area (Å²) in [7, 11) is 0. The average Bonchev–Trinajstić information content (AvgIpc) is 2.54. The summed E-state index contributed by atoms with van der Waals surface area (Å²) in [5, 5.41) is 20.0. The first-order valence-electron chi connectivity index (χ1n) is 8.18. The van der Waals surface area contributed by atoms with Crippen molar-refractivity contribution in [3.63, 3.8) is 0 Å². The monoisotopic (exact) mass is 313 g/mol. The van der Waals surface area contributed by atoms with Crippen molar-refractivity contribution in [1.82, 2.24) is 0 Å². The Bertz CT molecular complexity index is 601. The number of anilines is 1. The van der Waals surface area contributed by atoms with Crippen molar-refractivity contribution in [2.75, 3.05) is 11.4 Å². The van der Waals surface area contributed by atoms with E-state index < -0.39 is 11.7 Å². The molecule has 0 spiro atoms. The van der Waals surface area contributed by atoms with E-state index in [2.05, 4.69) is 43.4 Å². The maximum atomic E-state index is 10.0. The van der Waals surface area contributed by atoms with Gasteiger partial charge in [0, 0.05) is 11.9 Å². The van der Waals surface area contributed by atoms with Gasteiger partial charge in [-0.1, -0.05) is 43.4 Å². The largest absolute Gasteiger partial charge is 0.388 e. The van der Waals surface area contributed by atoms with Crippen LogP contribution in [-0.4, -0.2) is 28.5 Å². The molecule has 0 saturated carbocycles. The molecule has 0 saturated heterocycles. The molecule has 3 heteroatoms. The summed E-state index contributed by atoms with van der Waals surface area (Å²) in [6.45, 7) is 6.25. The van der Waals surface area contributed by atoms with Gasteiger partial charge in [0.1, 0.15) is 11.7 Å². The summed E-state index contributed by atoms with van der Waals surface area (Å²) in [6.07, 6.45) is 12.3. The zero-order valence-electron chi connectivity index (χ0n) is 14.2. The van der Waals surface area contributed by atoms with E-state index in [0.29, 0.717) is 12.5 Å². The van der Waals surface area contributed by atoms with Crippen molar-refractivity contribution < 1.29 is 10.2 Å². The van der Waals surface area contributed by atoms with Crippen LogP contribution in [0.5, 0.6) is 0 Å². The van der Waals surface area contributed by atoms with Crippen molar-refractivity contribution in [3.05, 3.63) is 60.3 Å². The van der Waals surface area contributed by atoms with Gasteiger partial charge < -0.3 is 15.1 Å². The zero-order valence-corrected chi connectivity index (χ0v) is 14.2. The van der Waals surface area contributed by atoms with Gasteiger partial charge in [-0.15, -0.1) is 0 Å². The summed E-state index contributed by atoms with van der Waals surface area (Å²) >= 11 is 0. The molecule has 1 aliphatic rings. The van der Waals surface area contributed by atoms with Crippen LogP contribution >= 0.6 is 0 Å². The second-order valence-electron chi connectivity index (χ2n) is 6.45. The second kappa shape index (κ2) is 7.62. The van der Waals surface area contributed by atoms with Crippen LogP contribution in [0.2, 0.25) is 0 Å². The number of β-amino-alcohol motifs (C(OH)–C–C–N with tert-alkyl or cyclic N) is 1. The lowest BCUT2D eigenvalue weighted by Gasteiger charge is -2.35. The standard InChI is InChI=1S/C20H27NO2/c1-4-5-7-16(2)10-11-17-8-6-9-18(14-17)21-13-12-20(3,23)19(22)15-21/h4-6,8-14,16,19,22-23H,7,15H2,1-3H3/b5-4-,11-10+. The van der Waals surface area contributed by atoms with Gasteiger partial charge in [-0.25, -0.2) is 0 Å². The quantitative estimate of drug-likeness (QED) is 0.814. The molecular weight excluding hydrogens is 286 g/mol. The van der Waals surface area contributed by atoms with Crippen LogP contribution in [0.1, 0.15) is 32.8 Å². The average molecular weight is 313 g/mol. The molecule has 0 amide bonds. The molecular formula is C20H27NO2. The van der Waals surface area contributed by atoms with Gasteiger partial charge in [0.25, 0.3) is 0 Å². The fraction of sp³-hybridized carbons (Fsp3) is 0.400. The first-order valence-corrected chi connectivity index (χ1v) is 8.18. The highest BCUT2D eigenvalue weighted by Crippen LogP contribution is 2.25. The van der Waals surface area contributed by atoms with Crippen LogP contribution in [0.3, 0.4) is 0 Å². The Morgan fingerprint density at radius 2 is 2.22 bits per heavy atom. The molecule has 1 aromatic rings. The molecule has 2 rings (SSSR count). The molecule has 1 aliphatic heterocycles. The molecule has 0 bridgehead atoms. The maximum Gasteiger partial charge on any atom is 0.109 e. The minimum atomic E-state index is -1.16. The highest BCUT2D eigenvalue weighted by molar-refractivity contribution is 5.60. The summed E-state index contributed by atoms with van der Waals surface area (Å²) in [6, 6.07) is 8.19. The topological polar surface area (TPSA) is 43.7 Å². The van der Waals surface area contributed by atoms with E-state index in [-0.39, 0.29) is 0 Å². The van der Waals surface area contributed by atoms with E-state index in [1.807, 2.05) is 30.2 Å². The Balaban J connectivity index is 2.10. The van der Waals surface area contributed by atoms with Gasteiger partial charge in [0.15, 0.2) is 0 Å². The number of nitrogens with zero attached hydrogens (tertiary/aromatic N) is 1. The Morgan fingerprint density at radius 1 is 1.43 bits per heavy atom. The van der Waals surface area contributed by atoms with Gasteiger partial charge >= 0.3 is 0 Å². The van der Waals surface area contributed by atoms with E-state index in [1.165, 1.54) is 0 Å². The number of hydrogen-bond acceptors (Lipinski definition) is 3. The van der Waals surface area contributed by atoms with Gasteiger partial charge in [0.2, 0.25) is 0 Å². The first-order chi connectivity index (χ1) is 10.9. The smallest absolute Gasteiger partial charge is 0.109 e. The number of aliphatic hydroxyl groups excluding tert-OH is 1. The SMILES string of the molecule is C/C=C\CC(C)/C=C/c1cccc(N2C=CC(C)(O)C(O)C2)c1. The lowest BCUT2D eigenvalue weighted by molar-refractivity contribution is -0.0247. The summed E-state index contributed by atoms with van der Waals surface area (Å²) < 4.78 is 0. The Hall–Kier alpha value is -1.84. The molecule has 3 atom stereocenters. The number of benzene rings is 1. The van der Waals surface area contributed by atoms with Crippen LogP contribution in [0.15, 0.2) is 54.8 Å². The van der Waals surface area contributed by atoms with E-state index in [4.69, 9.17) is 0 Å². The minimum absolute atomic E-state index is 0.383. The molecule has 0 aliphatic carbocycles. The van der Waals surface area contributed by atoms with Crippen LogP contribution in [-0.2, 0) is 0 Å². The maximum absolute atomic E-state index is 10.0. The number of allylic oxidation sites excluding steroid dienone is 3. The third kappa shape index (κ3) is 4.81. The van der Waals surface area contributed by atoms with E-state index in [1.54, 1.807) is 13.0 Å². The van der Waals surface area contributed by atoms with Gasteiger partial charge in [-0.05, 0) is 50.0 Å². The Kier molecular flexibility index (Phi) is 5.80. The Morgan fingerprint density at radius 3 is 2.91 bits per heavy atom. The summed E-state index contributed by atoms with van der Waals surface area (Å²) in [4.78, 5) is 1.96. The van der Waals surface area contributed by atoms with Crippen molar-refractivity contribution in [2.24, 2.45) is 5.92 Å². The fourth-order valence-corrected chi connectivity index (χ4v) is 2.49. The molecule has 0 radical (unpaired) electrons. The van der Waals surface area contributed by atoms with Crippen LogP contribution in [0, 0.1) is 5.92 Å². The van der Waals surface area contributed by atoms with Crippen molar-refractivity contribution >= 4 is 11.8 Å². The van der Waals surface area contributed by atoms with Crippen LogP contribution in [0.4, 0.5) is 5.69 Å². The third-order valence-corrected chi connectivity index (χ3v) is 4.20. The molecule has 1 aromatic carbocycles. The molecule has 0 fully saturated rings. The highest BCUT2D eigenvalue weighted by atomic mass is 16.3. The molecule has 1 heterocycles. The lowest BCUT2D eigenvalue weighted by Crippen LogP contribution is -2.48. The normalized spacial score (nSPS) is 26.3. The van der Waals surface area contributed by atoms with Crippen LogP contribution < -0.4 is 4.90 Å². The highest BCUT2D eigenvalue weighted by Gasteiger charge is 2.32. The summed E-state index contributed by atoms with van der Waals surface area (Å²) in [5.41, 5.74) is 0.991. The van der Waals surface area contributed by atoms with E-state index >= 15 is 0 Å². The zero-order chi connectivity index (χ0) is 16.9. The fourth-order valence-electron chi connectivity index (χ4n) is 2.49. The molecule has 3 unspecified atom stereocenters. The number of aliphatic hydroxyl groups is 2.